The maximum atomic E-state index is 6.18. The van der Waals surface area contributed by atoms with Gasteiger partial charge in [-0.1, -0.05) is 25.4 Å². The Kier molecular flexibility index (Phi) is 4.17. The van der Waals surface area contributed by atoms with Crippen LogP contribution in [-0.2, 0) is 13.5 Å². The standard InChI is InChI=1S/C11H20ClN3/c1-7(8(2)6-13)5-10-9(3)14-15(4)11(10)12/h7-8H,5-6,13H2,1-4H3. The smallest absolute Gasteiger partial charge is 0.130 e. The molecular weight excluding hydrogens is 210 g/mol. The Balaban J connectivity index is 2.80. The Bertz CT molecular complexity index is 333. The molecule has 86 valence electrons. The molecular formula is C11H20ClN3. The summed E-state index contributed by atoms with van der Waals surface area (Å²) in [4.78, 5) is 0. The Labute approximate surface area is 96.6 Å². The first-order valence-electron chi connectivity index (χ1n) is 5.35. The Hall–Kier alpha value is -0.540. The highest BCUT2D eigenvalue weighted by molar-refractivity contribution is 6.30. The van der Waals surface area contributed by atoms with Gasteiger partial charge >= 0.3 is 0 Å². The molecule has 0 amide bonds. The topological polar surface area (TPSA) is 43.8 Å². The summed E-state index contributed by atoms with van der Waals surface area (Å²) in [6.07, 6.45) is 0.955. The molecule has 0 fully saturated rings. The van der Waals surface area contributed by atoms with E-state index in [0.29, 0.717) is 11.8 Å². The van der Waals surface area contributed by atoms with E-state index in [1.54, 1.807) is 4.68 Å². The summed E-state index contributed by atoms with van der Waals surface area (Å²) in [5.41, 5.74) is 7.84. The molecule has 2 unspecified atom stereocenters. The van der Waals surface area contributed by atoms with Crippen LogP contribution in [0.2, 0.25) is 5.15 Å². The van der Waals surface area contributed by atoms with Gasteiger partial charge in [0, 0.05) is 12.6 Å². The van der Waals surface area contributed by atoms with Gasteiger partial charge in [0.1, 0.15) is 5.15 Å². The van der Waals surface area contributed by atoms with E-state index in [4.69, 9.17) is 17.3 Å². The maximum Gasteiger partial charge on any atom is 0.130 e. The summed E-state index contributed by atoms with van der Waals surface area (Å²) in [5, 5.41) is 5.06. The molecule has 0 saturated carbocycles. The van der Waals surface area contributed by atoms with Crippen molar-refractivity contribution in [2.24, 2.45) is 24.6 Å². The van der Waals surface area contributed by atoms with Crippen LogP contribution >= 0.6 is 11.6 Å². The van der Waals surface area contributed by atoms with Gasteiger partial charge in [-0.15, -0.1) is 0 Å². The van der Waals surface area contributed by atoms with E-state index in [2.05, 4.69) is 18.9 Å². The summed E-state index contributed by atoms with van der Waals surface area (Å²) < 4.78 is 1.73. The number of aryl methyl sites for hydroxylation is 2. The lowest BCUT2D eigenvalue weighted by molar-refractivity contribution is 0.394. The van der Waals surface area contributed by atoms with Crippen molar-refractivity contribution in [2.45, 2.75) is 27.2 Å². The second-order valence-electron chi connectivity index (χ2n) is 4.37. The highest BCUT2D eigenvalue weighted by atomic mass is 35.5. The summed E-state index contributed by atoms with van der Waals surface area (Å²) in [7, 11) is 1.87. The van der Waals surface area contributed by atoms with E-state index in [-0.39, 0.29) is 0 Å². The monoisotopic (exact) mass is 229 g/mol. The lowest BCUT2D eigenvalue weighted by Gasteiger charge is -2.17. The predicted octanol–water partition coefficient (Wildman–Crippen LogP) is 2.16. The normalized spacial score (nSPS) is 15.3. The first-order valence-corrected chi connectivity index (χ1v) is 5.73. The van der Waals surface area contributed by atoms with Crippen molar-refractivity contribution in [3.63, 3.8) is 0 Å². The van der Waals surface area contributed by atoms with Gasteiger partial charge in [-0.2, -0.15) is 5.10 Å². The lowest BCUT2D eigenvalue weighted by Crippen LogP contribution is -2.20. The SMILES string of the molecule is Cc1nn(C)c(Cl)c1CC(C)C(C)CN. The van der Waals surface area contributed by atoms with Crippen LogP contribution < -0.4 is 5.73 Å². The van der Waals surface area contributed by atoms with Gasteiger partial charge in [-0.25, -0.2) is 0 Å². The van der Waals surface area contributed by atoms with E-state index in [1.165, 1.54) is 0 Å². The maximum absolute atomic E-state index is 6.18. The van der Waals surface area contributed by atoms with Gasteiger partial charge < -0.3 is 5.73 Å². The first-order chi connectivity index (χ1) is 6.97. The summed E-state index contributed by atoms with van der Waals surface area (Å²) >= 11 is 6.18. The molecule has 0 radical (unpaired) electrons. The minimum Gasteiger partial charge on any atom is -0.330 e. The van der Waals surface area contributed by atoms with Crippen molar-refractivity contribution < 1.29 is 0 Å². The number of rotatable bonds is 4. The van der Waals surface area contributed by atoms with Crippen LogP contribution in [0.5, 0.6) is 0 Å². The molecule has 0 spiro atoms. The van der Waals surface area contributed by atoms with Crippen molar-refractivity contribution in [1.82, 2.24) is 9.78 Å². The molecule has 0 aromatic carbocycles. The second-order valence-corrected chi connectivity index (χ2v) is 4.73. The van der Waals surface area contributed by atoms with E-state index in [1.807, 2.05) is 14.0 Å². The molecule has 3 nitrogen and oxygen atoms in total. The van der Waals surface area contributed by atoms with Crippen LogP contribution in [0.25, 0.3) is 0 Å². The fraction of sp³-hybridized carbons (Fsp3) is 0.727. The summed E-state index contributed by atoms with van der Waals surface area (Å²) in [6, 6.07) is 0. The molecule has 0 bridgehead atoms. The summed E-state index contributed by atoms with van der Waals surface area (Å²) in [6.45, 7) is 7.10. The highest BCUT2D eigenvalue weighted by Crippen LogP contribution is 2.24. The fourth-order valence-electron chi connectivity index (χ4n) is 1.66. The van der Waals surface area contributed by atoms with Gasteiger partial charge in [0.15, 0.2) is 0 Å². The molecule has 0 aliphatic carbocycles. The minimum atomic E-state index is 0.515. The van der Waals surface area contributed by atoms with Crippen molar-refractivity contribution in [1.29, 1.82) is 0 Å². The molecule has 15 heavy (non-hydrogen) atoms. The molecule has 0 aliphatic heterocycles. The predicted molar refractivity (Wildman–Crippen MR) is 64.0 cm³/mol. The van der Waals surface area contributed by atoms with Crippen LogP contribution in [-0.4, -0.2) is 16.3 Å². The van der Waals surface area contributed by atoms with E-state index >= 15 is 0 Å². The average Bonchev–Trinajstić information content (AvgIpc) is 2.43. The fourth-order valence-corrected chi connectivity index (χ4v) is 1.91. The molecule has 4 heteroatoms. The van der Waals surface area contributed by atoms with E-state index in [9.17, 15) is 0 Å². The van der Waals surface area contributed by atoms with Crippen LogP contribution in [0.4, 0.5) is 0 Å². The summed E-state index contributed by atoms with van der Waals surface area (Å²) in [5.74, 6) is 1.05. The number of halogens is 1. The van der Waals surface area contributed by atoms with Crippen LogP contribution in [0.3, 0.4) is 0 Å². The van der Waals surface area contributed by atoms with Crippen molar-refractivity contribution in [2.75, 3.05) is 6.54 Å². The zero-order chi connectivity index (χ0) is 11.6. The van der Waals surface area contributed by atoms with Crippen molar-refractivity contribution >= 4 is 11.6 Å². The Morgan fingerprint density at radius 3 is 2.40 bits per heavy atom. The zero-order valence-corrected chi connectivity index (χ0v) is 10.7. The molecule has 2 atom stereocenters. The van der Waals surface area contributed by atoms with Gasteiger partial charge in [0.25, 0.3) is 0 Å². The molecule has 2 N–H and O–H groups in total. The quantitative estimate of drug-likeness (QED) is 0.860. The zero-order valence-electron chi connectivity index (χ0n) is 9.92. The van der Waals surface area contributed by atoms with E-state index in [0.717, 1.165) is 29.4 Å². The highest BCUT2D eigenvalue weighted by Gasteiger charge is 2.17. The van der Waals surface area contributed by atoms with Crippen LogP contribution in [0.1, 0.15) is 25.1 Å². The Morgan fingerprint density at radius 2 is 2.00 bits per heavy atom. The average molecular weight is 230 g/mol. The molecule has 1 aromatic rings. The van der Waals surface area contributed by atoms with Gasteiger partial charge in [-0.3, -0.25) is 4.68 Å². The third kappa shape index (κ3) is 2.73. The third-order valence-corrected chi connectivity index (χ3v) is 3.61. The number of aromatic nitrogens is 2. The molecule has 1 aromatic heterocycles. The van der Waals surface area contributed by atoms with Crippen LogP contribution in [0, 0.1) is 18.8 Å². The van der Waals surface area contributed by atoms with Gasteiger partial charge in [0.2, 0.25) is 0 Å². The largest absolute Gasteiger partial charge is 0.330 e. The second kappa shape index (κ2) is 4.99. The molecule has 0 aliphatic rings. The van der Waals surface area contributed by atoms with Crippen LogP contribution in [0.15, 0.2) is 0 Å². The van der Waals surface area contributed by atoms with Crippen molar-refractivity contribution in [3.8, 4) is 0 Å². The first kappa shape index (κ1) is 12.5. The van der Waals surface area contributed by atoms with Gasteiger partial charge in [0.05, 0.1) is 5.69 Å². The number of nitrogens with zero attached hydrogens (tertiary/aromatic N) is 2. The van der Waals surface area contributed by atoms with E-state index < -0.39 is 0 Å². The van der Waals surface area contributed by atoms with Gasteiger partial charge in [-0.05, 0) is 31.7 Å². The Morgan fingerprint density at radius 1 is 1.40 bits per heavy atom. The number of hydrogen-bond acceptors (Lipinski definition) is 2. The lowest BCUT2D eigenvalue weighted by atomic mass is 9.90. The molecule has 1 rings (SSSR count). The number of nitrogens with two attached hydrogens (primary N) is 1. The molecule has 0 saturated heterocycles. The third-order valence-electron chi connectivity index (χ3n) is 3.14. The molecule has 1 heterocycles. The minimum absolute atomic E-state index is 0.515. The number of hydrogen-bond donors (Lipinski definition) is 1. The van der Waals surface area contributed by atoms with Crippen molar-refractivity contribution in [3.05, 3.63) is 16.4 Å².